The van der Waals surface area contributed by atoms with E-state index in [-0.39, 0.29) is 5.97 Å². The first-order chi connectivity index (χ1) is 15.0. The second kappa shape index (κ2) is 11.1. The van der Waals surface area contributed by atoms with Crippen molar-refractivity contribution < 1.29 is 9.53 Å². The number of nitrogens with one attached hydrogen (secondary N) is 2. The van der Waals surface area contributed by atoms with Gasteiger partial charge in [-0.05, 0) is 49.7 Å². The molecule has 1 atom stereocenters. The van der Waals surface area contributed by atoms with Gasteiger partial charge in [0.05, 0.1) is 18.5 Å². The van der Waals surface area contributed by atoms with Crippen molar-refractivity contribution in [2.45, 2.75) is 40.0 Å². The molecule has 0 fully saturated rings. The number of carbonyl (C=O) groups is 1. The Labute approximate surface area is 191 Å². The maximum absolute atomic E-state index is 11.9. The van der Waals surface area contributed by atoms with Gasteiger partial charge in [-0.2, -0.15) is 0 Å². The summed E-state index contributed by atoms with van der Waals surface area (Å²) in [7, 11) is 0. The summed E-state index contributed by atoms with van der Waals surface area (Å²) in [6.45, 7) is 7.36. The Balaban J connectivity index is 1.72. The molecule has 1 unspecified atom stereocenters. The van der Waals surface area contributed by atoms with Crippen molar-refractivity contribution in [2.75, 3.05) is 18.5 Å². The fourth-order valence-electron chi connectivity index (χ4n) is 3.14. The third kappa shape index (κ3) is 6.18. The first-order valence-corrected chi connectivity index (χ1v) is 11.8. The zero-order valence-corrected chi connectivity index (χ0v) is 19.6. The summed E-state index contributed by atoms with van der Waals surface area (Å²) in [4.78, 5) is 26.1. The highest BCUT2D eigenvalue weighted by atomic mass is 32.1. The summed E-state index contributed by atoms with van der Waals surface area (Å²) in [6, 6.07) is 5.45. The molecular formula is C22H27N5O2S2. The van der Waals surface area contributed by atoms with Crippen LogP contribution in [-0.2, 0) is 4.74 Å². The predicted molar refractivity (Wildman–Crippen MR) is 130 cm³/mol. The molecule has 31 heavy (non-hydrogen) atoms. The average molecular weight is 458 g/mol. The molecule has 0 aliphatic carbocycles. The van der Waals surface area contributed by atoms with Crippen LogP contribution in [0.2, 0.25) is 0 Å². The second-order valence-electron chi connectivity index (χ2n) is 7.11. The van der Waals surface area contributed by atoms with Crippen LogP contribution < -0.4 is 10.6 Å². The Morgan fingerprint density at radius 2 is 2.10 bits per heavy atom. The van der Waals surface area contributed by atoms with Crippen molar-refractivity contribution in [1.82, 2.24) is 20.3 Å². The third-order valence-corrected chi connectivity index (χ3v) is 6.00. The Bertz CT molecular complexity index is 1050. The van der Waals surface area contributed by atoms with E-state index in [9.17, 15) is 4.79 Å². The van der Waals surface area contributed by atoms with E-state index in [1.54, 1.807) is 19.2 Å². The number of hydrogen-bond acceptors (Lipinski definition) is 7. The normalized spacial score (nSPS) is 11.8. The Hall–Kier alpha value is -2.65. The van der Waals surface area contributed by atoms with E-state index in [1.807, 2.05) is 17.5 Å². The Kier molecular flexibility index (Phi) is 8.25. The summed E-state index contributed by atoms with van der Waals surface area (Å²) >= 11 is 6.74. The molecule has 3 rings (SSSR count). The highest BCUT2D eigenvalue weighted by Gasteiger charge is 2.13. The van der Waals surface area contributed by atoms with Crippen LogP contribution in [0.25, 0.3) is 22.4 Å². The van der Waals surface area contributed by atoms with Crippen LogP contribution in [0.15, 0.2) is 29.8 Å². The van der Waals surface area contributed by atoms with E-state index in [2.05, 4.69) is 39.4 Å². The van der Waals surface area contributed by atoms with Crippen LogP contribution >= 0.6 is 23.6 Å². The minimum Gasteiger partial charge on any atom is -0.462 e. The van der Waals surface area contributed by atoms with Crippen molar-refractivity contribution in [3.05, 3.63) is 34.7 Å². The number of nitrogens with zero attached hydrogens (tertiary/aromatic N) is 3. The lowest BCUT2D eigenvalue weighted by atomic mass is 10.0. The van der Waals surface area contributed by atoms with Gasteiger partial charge in [0.15, 0.2) is 10.8 Å². The van der Waals surface area contributed by atoms with Crippen LogP contribution in [0.1, 0.15) is 49.7 Å². The zero-order valence-electron chi connectivity index (χ0n) is 18.0. The van der Waals surface area contributed by atoms with Gasteiger partial charge in [-0.3, -0.25) is 4.98 Å². The number of carbonyl (C=O) groups excluding carboxylic acids is 1. The molecule has 7 nitrogen and oxygen atoms in total. The van der Waals surface area contributed by atoms with Crippen molar-refractivity contribution in [3.63, 3.8) is 0 Å². The smallest absolute Gasteiger partial charge is 0.348 e. The molecule has 3 aromatic heterocycles. The summed E-state index contributed by atoms with van der Waals surface area (Å²) in [6.07, 6.45) is 5.15. The standard InChI is InChI=1S/C22H27N5O2S2/c1-4-7-14(5-2)11-24-22(30)27-19-9-8-16-20(26-19)25-17(12-23-16)15-10-18(31-13-15)21(28)29-6-3/h8-10,12-14H,4-7,11H2,1-3H3,(H2,24,25,26,27,30). The third-order valence-electron chi connectivity index (χ3n) is 4.85. The number of thiocarbonyl (C=S) groups is 1. The zero-order chi connectivity index (χ0) is 22.2. The van der Waals surface area contributed by atoms with Gasteiger partial charge in [-0.25, -0.2) is 14.8 Å². The van der Waals surface area contributed by atoms with Gasteiger partial charge in [0, 0.05) is 17.5 Å². The number of hydrogen-bond donors (Lipinski definition) is 2. The van der Waals surface area contributed by atoms with Crippen molar-refractivity contribution in [1.29, 1.82) is 0 Å². The maximum Gasteiger partial charge on any atom is 0.348 e. The lowest BCUT2D eigenvalue weighted by Crippen LogP contribution is -2.33. The van der Waals surface area contributed by atoms with Crippen LogP contribution in [0, 0.1) is 5.92 Å². The molecule has 0 aliphatic rings. The molecule has 3 aromatic rings. The number of esters is 1. The van der Waals surface area contributed by atoms with Gasteiger partial charge >= 0.3 is 5.97 Å². The topological polar surface area (TPSA) is 89.0 Å². The van der Waals surface area contributed by atoms with E-state index in [0.717, 1.165) is 18.5 Å². The largest absolute Gasteiger partial charge is 0.462 e. The molecule has 9 heteroatoms. The first kappa shape index (κ1) is 23.0. The quantitative estimate of drug-likeness (QED) is 0.341. The van der Waals surface area contributed by atoms with E-state index < -0.39 is 0 Å². The molecule has 2 N–H and O–H groups in total. The van der Waals surface area contributed by atoms with E-state index in [0.29, 0.717) is 45.2 Å². The molecule has 0 saturated heterocycles. The van der Waals surface area contributed by atoms with Gasteiger partial charge in [0.2, 0.25) is 0 Å². The van der Waals surface area contributed by atoms with E-state index in [4.69, 9.17) is 17.0 Å². The van der Waals surface area contributed by atoms with Crippen LogP contribution in [-0.4, -0.2) is 39.2 Å². The molecule has 0 bridgehead atoms. The van der Waals surface area contributed by atoms with Crippen molar-refractivity contribution in [2.24, 2.45) is 5.92 Å². The SMILES string of the molecule is CCCC(CC)CNC(=S)Nc1ccc2ncc(-c3csc(C(=O)OCC)c3)nc2n1. The van der Waals surface area contributed by atoms with Crippen molar-refractivity contribution >= 4 is 51.6 Å². The minimum absolute atomic E-state index is 0.331. The summed E-state index contributed by atoms with van der Waals surface area (Å²) in [5, 5.41) is 8.82. The minimum atomic E-state index is -0.331. The molecule has 0 aliphatic heterocycles. The lowest BCUT2D eigenvalue weighted by Gasteiger charge is -2.16. The highest BCUT2D eigenvalue weighted by molar-refractivity contribution is 7.80. The number of pyridine rings is 1. The highest BCUT2D eigenvalue weighted by Crippen LogP contribution is 2.25. The number of rotatable bonds is 9. The number of aromatic nitrogens is 3. The molecule has 164 valence electrons. The van der Waals surface area contributed by atoms with Gasteiger partial charge in [-0.15, -0.1) is 11.3 Å². The lowest BCUT2D eigenvalue weighted by molar-refractivity contribution is 0.0532. The van der Waals surface area contributed by atoms with Gasteiger partial charge in [0.1, 0.15) is 16.2 Å². The summed E-state index contributed by atoms with van der Waals surface area (Å²) < 4.78 is 5.05. The van der Waals surface area contributed by atoms with Crippen LogP contribution in [0.3, 0.4) is 0 Å². The molecule has 3 heterocycles. The van der Waals surface area contributed by atoms with Gasteiger partial charge < -0.3 is 15.4 Å². The number of fused-ring (bicyclic) bond motifs is 1. The van der Waals surface area contributed by atoms with Gasteiger partial charge in [-0.1, -0.05) is 26.7 Å². The Morgan fingerprint density at radius 1 is 1.26 bits per heavy atom. The number of anilines is 1. The molecule has 0 saturated carbocycles. The van der Waals surface area contributed by atoms with E-state index in [1.165, 1.54) is 24.2 Å². The number of thiophene rings is 1. The first-order valence-electron chi connectivity index (χ1n) is 10.5. The van der Waals surface area contributed by atoms with Crippen LogP contribution in [0.4, 0.5) is 5.82 Å². The van der Waals surface area contributed by atoms with Crippen molar-refractivity contribution in [3.8, 4) is 11.3 Å². The monoisotopic (exact) mass is 457 g/mol. The molecule has 0 radical (unpaired) electrons. The summed E-state index contributed by atoms with van der Waals surface area (Å²) in [5.41, 5.74) is 2.64. The average Bonchev–Trinajstić information content (AvgIpc) is 3.27. The van der Waals surface area contributed by atoms with Crippen LogP contribution in [0.5, 0.6) is 0 Å². The fourth-order valence-corrected chi connectivity index (χ4v) is 4.12. The number of ether oxygens (including phenoxy) is 1. The summed E-state index contributed by atoms with van der Waals surface area (Å²) in [5.74, 6) is 0.882. The fraction of sp³-hybridized carbons (Fsp3) is 0.409. The molecule has 0 spiro atoms. The predicted octanol–water partition coefficient (Wildman–Crippen LogP) is 5.04. The van der Waals surface area contributed by atoms with Gasteiger partial charge in [0.25, 0.3) is 0 Å². The second-order valence-corrected chi connectivity index (χ2v) is 8.43. The van der Waals surface area contributed by atoms with E-state index >= 15 is 0 Å². The molecular weight excluding hydrogens is 430 g/mol. The molecule has 0 amide bonds. The molecule has 0 aromatic carbocycles. The maximum atomic E-state index is 11.9. The Morgan fingerprint density at radius 3 is 2.84 bits per heavy atom.